The summed E-state index contributed by atoms with van der Waals surface area (Å²) >= 11 is 0. The van der Waals surface area contributed by atoms with E-state index < -0.39 is 17.6 Å². The van der Waals surface area contributed by atoms with E-state index in [0.29, 0.717) is 0 Å². The van der Waals surface area contributed by atoms with Crippen molar-refractivity contribution in [3.63, 3.8) is 0 Å². The summed E-state index contributed by atoms with van der Waals surface area (Å²) in [5, 5.41) is 8.94. The summed E-state index contributed by atoms with van der Waals surface area (Å²) in [6, 6.07) is 2.16. The van der Waals surface area contributed by atoms with Crippen molar-refractivity contribution in [3.8, 4) is 11.3 Å². The van der Waals surface area contributed by atoms with Crippen LogP contribution in [0.15, 0.2) is 30.9 Å². The number of carbonyl (C=O) groups is 1. The van der Waals surface area contributed by atoms with Crippen LogP contribution in [0.4, 0.5) is 14.5 Å². The highest BCUT2D eigenvalue weighted by Gasteiger charge is 2.18. The SMILES string of the molecule is Nc1ccc(F)c(-c2cn3cnc(C(=O)O)c3cn2)c1F. The molecule has 0 fully saturated rings. The van der Waals surface area contributed by atoms with E-state index in [0.717, 1.165) is 12.1 Å². The third kappa shape index (κ3) is 1.97. The Kier molecular flexibility index (Phi) is 2.79. The summed E-state index contributed by atoms with van der Waals surface area (Å²) in [7, 11) is 0. The quantitative estimate of drug-likeness (QED) is 0.704. The van der Waals surface area contributed by atoms with Gasteiger partial charge in [-0.25, -0.2) is 18.6 Å². The number of halogens is 2. The highest BCUT2D eigenvalue weighted by Crippen LogP contribution is 2.28. The number of anilines is 1. The lowest BCUT2D eigenvalue weighted by atomic mass is 10.1. The monoisotopic (exact) mass is 290 g/mol. The second kappa shape index (κ2) is 4.51. The zero-order valence-electron chi connectivity index (χ0n) is 10.4. The fourth-order valence-corrected chi connectivity index (χ4v) is 1.99. The molecule has 1 aromatic carbocycles. The van der Waals surface area contributed by atoms with Crippen molar-refractivity contribution in [3.05, 3.63) is 48.2 Å². The molecule has 0 aliphatic heterocycles. The van der Waals surface area contributed by atoms with E-state index in [1.54, 1.807) is 0 Å². The topological polar surface area (TPSA) is 93.5 Å². The van der Waals surface area contributed by atoms with Crippen LogP contribution in [0.25, 0.3) is 16.8 Å². The number of aromatic carboxylic acids is 1. The fourth-order valence-electron chi connectivity index (χ4n) is 1.99. The van der Waals surface area contributed by atoms with Gasteiger partial charge in [-0.15, -0.1) is 0 Å². The zero-order chi connectivity index (χ0) is 15.1. The molecule has 6 nitrogen and oxygen atoms in total. The second-order valence-corrected chi connectivity index (χ2v) is 4.29. The summed E-state index contributed by atoms with van der Waals surface area (Å²) in [5.41, 5.74) is 4.85. The van der Waals surface area contributed by atoms with Gasteiger partial charge in [-0.2, -0.15) is 0 Å². The second-order valence-electron chi connectivity index (χ2n) is 4.29. The number of nitrogen functional groups attached to an aromatic ring is 1. The number of carboxylic acids is 1. The van der Waals surface area contributed by atoms with Crippen molar-refractivity contribution in [2.24, 2.45) is 0 Å². The smallest absolute Gasteiger partial charge is 0.356 e. The van der Waals surface area contributed by atoms with Crippen LogP contribution in [-0.2, 0) is 0 Å². The molecular weight excluding hydrogens is 282 g/mol. The predicted octanol–water partition coefficient (Wildman–Crippen LogP) is 1.95. The van der Waals surface area contributed by atoms with E-state index in [4.69, 9.17) is 10.8 Å². The Morgan fingerprint density at radius 2 is 2.05 bits per heavy atom. The van der Waals surface area contributed by atoms with Crippen LogP contribution in [0.2, 0.25) is 0 Å². The molecule has 3 aromatic rings. The summed E-state index contributed by atoms with van der Waals surface area (Å²) in [6.07, 6.45) is 3.70. The number of hydrogen-bond donors (Lipinski definition) is 2. The average molecular weight is 290 g/mol. The van der Waals surface area contributed by atoms with Gasteiger partial charge in [0.1, 0.15) is 12.1 Å². The van der Waals surface area contributed by atoms with Crippen molar-refractivity contribution >= 4 is 17.2 Å². The normalized spacial score (nSPS) is 11.0. The van der Waals surface area contributed by atoms with Gasteiger partial charge in [0, 0.05) is 6.20 Å². The molecule has 3 N–H and O–H groups in total. The molecule has 0 atom stereocenters. The lowest BCUT2D eigenvalue weighted by Gasteiger charge is -2.07. The minimum Gasteiger partial charge on any atom is -0.476 e. The van der Waals surface area contributed by atoms with Gasteiger partial charge in [0.05, 0.1) is 28.7 Å². The van der Waals surface area contributed by atoms with E-state index in [2.05, 4.69) is 9.97 Å². The van der Waals surface area contributed by atoms with Crippen LogP contribution >= 0.6 is 0 Å². The molecule has 0 aliphatic carbocycles. The van der Waals surface area contributed by atoms with Crippen molar-refractivity contribution in [1.82, 2.24) is 14.4 Å². The van der Waals surface area contributed by atoms with Gasteiger partial charge in [-0.3, -0.25) is 4.98 Å². The van der Waals surface area contributed by atoms with E-state index in [9.17, 15) is 13.6 Å². The van der Waals surface area contributed by atoms with Gasteiger partial charge < -0.3 is 15.2 Å². The number of benzene rings is 1. The molecule has 0 radical (unpaired) electrons. The van der Waals surface area contributed by atoms with Crippen LogP contribution in [0, 0.1) is 11.6 Å². The third-order valence-electron chi connectivity index (χ3n) is 3.00. The lowest BCUT2D eigenvalue weighted by Crippen LogP contribution is -2.01. The molecule has 3 rings (SSSR count). The number of imidazole rings is 1. The lowest BCUT2D eigenvalue weighted by molar-refractivity contribution is 0.0693. The Bertz CT molecular complexity index is 876. The molecule has 0 amide bonds. The predicted molar refractivity (Wildman–Crippen MR) is 69.7 cm³/mol. The van der Waals surface area contributed by atoms with Crippen LogP contribution in [-0.4, -0.2) is 25.4 Å². The molecule has 0 aliphatic rings. The first-order valence-corrected chi connectivity index (χ1v) is 5.79. The molecule has 2 aromatic heterocycles. The molecule has 2 heterocycles. The Balaban J connectivity index is 2.23. The molecule has 21 heavy (non-hydrogen) atoms. The number of carboxylic acid groups (broad SMARTS) is 1. The van der Waals surface area contributed by atoms with Crippen LogP contribution in [0.3, 0.4) is 0 Å². The minimum absolute atomic E-state index is 0.0147. The van der Waals surface area contributed by atoms with Gasteiger partial charge >= 0.3 is 5.97 Å². The highest BCUT2D eigenvalue weighted by molar-refractivity contribution is 5.93. The Labute approximate surface area is 116 Å². The number of rotatable bonds is 2. The first-order valence-electron chi connectivity index (χ1n) is 5.79. The van der Waals surface area contributed by atoms with E-state index in [1.807, 2.05) is 0 Å². The molecule has 0 saturated heterocycles. The first-order chi connectivity index (χ1) is 9.99. The van der Waals surface area contributed by atoms with Crippen LogP contribution in [0.5, 0.6) is 0 Å². The van der Waals surface area contributed by atoms with Gasteiger partial charge in [-0.05, 0) is 12.1 Å². The summed E-state index contributed by atoms with van der Waals surface area (Å²) in [6.45, 7) is 0. The Morgan fingerprint density at radius 3 is 2.76 bits per heavy atom. The van der Waals surface area contributed by atoms with Crippen molar-refractivity contribution in [2.75, 3.05) is 5.73 Å². The maximum atomic E-state index is 14.0. The molecule has 0 unspecified atom stereocenters. The zero-order valence-corrected chi connectivity index (χ0v) is 10.4. The number of nitrogens with zero attached hydrogens (tertiary/aromatic N) is 3. The summed E-state index contributed by atoms with van der Waals surface area (Å²) in [5.74, 6) is -2.94. The maximum Gasteiger partial charge on any atom is 0.356 e. The van der Waals surface area contributed by atoms with Gasteiger partial charge in [0.25, 0.3) is 0 Å². The largest absolute Gasteiger partial charge is 0.476 e. The average Bonchev–Trinajstić information content (AvgIpc) is 2.87. The van der Waals surface area contributed by atoms with E-state index >= 15 is 0 Å². The number of aromatic nitrogens is 3. The Hall–Kier alpha value is -3.03. The Morgan fingerprint density at radius 1 is 1.29 bits per heavy atom. The van der Waals surface area contributed by atoms with Crippen molar-refractivity contribution < 1.29 is 18.7 Å². The molecule has 0 spiro atoms. The number of nitrogens with two attached hydrogens (primary N) is 1. The first kappa shape index (κ1) is 13.0. The maximum absolute atomic E-state index is 14.0. The molecule has 8 heteroatoms. The van der Waals surface area contributed by atoms with Crippen molar-refractivity contribution in [1.29, 1.82) is 0 Å². The highest BCUT2D eigenvalue weighted by atomic mass is 19.1. The fraction of sp³-hybridized carbons (Fsp3) is 0. The number of hydrogen-bond acceptors (Lipinski definition) is 4. The van der Waals surface area contributed by atoms with Gasteiger partial charge in [0.15, 0.2) is 11.5 Å². The van der Waals surface area contributed by atoms with E-state index in [1.165, 1.54) is 23.1 Å². The van der Waals surface area contributed by atoms with Crippen LogP contribution in [0.1, 0.15) is 10.5 Å². The van der Waals surface area contributed by atoms with Gasteiger partial charge in [-0.1, -0.05) is 0 Å². The number of fused-ring (bicyclic) bond motifs is 1. The molecule has 0 saturated carbocycles. The van der Waals surface area contributed by atoms with Crippen LogP contribution < -0.4 is 5.73 Å². The third-order valence-corrected chi connectivity index (χ3v) is 3.00. The standard InChI is InChI=1S/C13H8F2N4O2/c14-6-1-2-7(16)11(15)10(6)8-4-19-5-18-12(13(20)21)9(19)3-17-8/h1-5H,16H2,(H,20,21). The minimum atomic E-state index is -1.21. The summed E-state index contributed by atoms with van der Waals surface area (Å²) in [4.78, 5) is 18.5. The van der Waals surface area contributed by atoms with E-state index in [-0.39, 0.29) is 28.2 Å². The molecular formula is C13H8F2N4O2. The molecule has 106 valence electrons. The van der Waals surface area contributed by atoms with Gasteiger partial charge in [0.2, 0.25) is 0 Å². The molecule has 0 bridgehead atoms. The summed E-state index contributed by atoms with van der Waals surface area (Å²) < 4.78 is 29.1. The van der Waals surface area contributed by atoms with Crippen molar-refractivity contribution in [2.45, 2.75) is 0 Å².